The van der Waals surface area contributed by atoms with E-state index >= 15 is 0 Å². The Kier molecular flexibility index (Phi) is 8.12. The summed E-state index contributed by atoms with van der Waals surface area (Å²) < 4.78 is 43.9. The first-order chi connectivity index (χ1) is 14.4. The monoisotopic (exact) mass is 436 g/mol. The SMILES string of the molecule is C=CC(=CC(=C)C(F)(F)F)c1cccc(CNCC2CCCN2C(=O)OC(C)(C)C)c1. The van der Waals surface area contributed by atoms with Gasteiger partial charge in [-0.1, -0.05) is 37.4 Å². The normalized spacial score (nSPS) is 17.5. The average molecular weight is 437 g/mol. The second-order valence-corrected chi connectivity index (χ2v) is 8.63. The number of amides is 1. The molecule has 1 aromatic rings. The molecule has 0 aliphatic carbocycles. The van der Waals surface area contributed by atoms with E-state index in [0.29, 0.717) is 30.8 Å². The number of ether oxygens (including phenoxy) is 1. The van der Waals surface area contributed by atoms with Gasteiger partial charge in [0.2, 0.25) is 0 Å². The molecule has 1 N–H and O–H groups in total. The second-order valence-electron chi connectivity index (χ2n) is 8.63. The van der Waals surface area contributed by atoms with Crippen LogP contribution in [-0.2, 0) is 11.3 Å². The fraction of sp³-hybridized carbons (Fsp3) is 0.458. The van der Waals surface area contributed by atoms with E-state index in [1.165, 1.54) is 6.08 Å². The molecule has 2 rings (SSSR count). The van der Waals surface area contributed by atoms with Crippen molar-refractivity contribution >= 4 is 11.7 Å². The molecule has 0 aromatic heterocycles. The lowest BCUT2D eigenvalue weighted by atomic mass is 10.0. The summed E-state index contributed by atoms with van der Waals surface area (Å²) in [6, 6.07) is 7.31. The molecule has 0 spiro atoms. The van der Waals surface area contributed by atoms with Crippen LogP contribution < -0.4 is 5.32 Å². The van der Waals surface area contributed by atoms with E-state index in [4.69, 9.17) is 4.74 Å². The van der Waals surface area contributed by atoms with E-state index in [9.17, 15) is 18.0 Å². The van der Waals surface area contributed by atoms with Gasteiger partial charge in [-0.25, -0.2) is 4.79 Å². The van der Waals surface area contributed by atoms with Crippen molar-refractivity contribution in [2.45, 2.75) is 58.0 Å². The Morgan fingerprint density at radius 3 is 2.65 bits per heavy atom. The first-order valence-electron chi connectivity index (χ1n) is 10.3. The molecule has 1 saturated heterocycles. The van der Waals surface area contributed by atoms with E-state index in [1.807, 2.05) is 32.9 Å². The Bertz CT molecular complexity index is 838. The Morgan fingerprint density at radius 2 is 2.03 bits per heavy atom. The van der Waals surface area contributed by atoms with E-state index < -0.39 is 17.4 Å². The van der Waals surface area contributed by atoms with Crippen molar-refractivity contribution in [2.24, 2.45) is 0 Å². The van der Waals surface area contributed by atoms with Gasteiger partial charge < -0.3 is 15.0 Å². The molecule has 7 heteroatoms. The molecular formula is C24H31F3N2O2. The predicted octanol–water partition coefficient (Wildman–Crippen LogP) is 5.86. The molecular weight excluding hydrogens is 405 g/mol. The first kappa shape index (κ1) is 24.7. The molecule has 0 radical (unpaired) electrons. The second kappa shape index (κ2) is 10.2. The number of halogens is 3. The zero-order chi connectivity index (χ0) is 23.2. The van der Waals surface area contributed by atoms with Gasteiger partial charge >= 0.3 is 12.3 Å². The van der Waals surface area contributed by atoms with Gasteiger partial charge in [-0.15, -0.1) is 0 Å². The number of hydrogen-bond donors (Lipinski definition) is 1. The number of carbonyl (C=O) groups is 1. The van der Waals surface area contributed by atoms with Crippen LogP contribution in [0.4, 0.5) is 18.0 Å². The molecule has 1 atom stereocenters. The maximum Gasteiger partial charge on any atom is 0.415 e. The zero-order valence-corrected chi connectivity index (χ0v) is 18.4. The maximum atomic E-state index is 12.8. The van der Waals surface area contributed by atoms with Crippen molar-refractivity contribution in [1.82, 2.24) is 10.2 Å². The quantitative estimate of drug-likeness (QED) is 0.544. The number of nitrogens with zero attached hydrogens (tertiary/aromatic N) is 1. The van der Waals surface area contributed by atoms with Gasteiger partial charge in [-0.2, -0.15) is 13.2 Å². The highest BCUT2D eigenvalue weighted by Crippen LogP contribution is 2.28. The van der Waals surface area contributed by atoms with Crippen molar-refractivity contribution in [3.8, 4) is 0 Å². The Morgan fingerprint density at radius 1 is 1.32 bits per heavy atom. The summed E-state index contributed by atoms with van der Waals surface area (Å²) in [5, 5.41) is 3.35. The van der Waals surface area contributed by atoms with Gasteiger partial charge in [0.25, 0.3) is 0 Å². The number of hydrogen-bond acceptors (Lipinski definition) is 3. The van der Waals surface area contributed by atoms with Crippen molar-refractivity contribution in [1.29, 1.82) is 0 Å². The smallest absolute Gasteiger partial charge is 0.415 e. The molecule has 1 aliphatic rings. The molecule has 0 saturated carbocycles. The van der Waals surface area contributed by atoms with E-state index in [1.54, 1.807) is 17.0 Å². The van der Waals surface area contributed by atoms with Crippen molar-refractivity contribution in [3.63, 3.8) is 0 Å². The van der Waals surface area contributed by atoms with Crippen molar-refractivity contribution < 1.29 is 22.7 Å². The van der Waals surface area contributed by atoms with Gasteiger partial charge in [0.05, 0.1) is 0 Å². The summed E-state index contributed by atoms with van der Waals surface area (Å²) in [5.74, 6) is 0. The fourth-order valence-corrected chi connectivity index (χ4v) is 3.38. The number of alkyl halides is 3. The number of nitrogens with one attached hydrogen (secondary N) is 1. The number of rotatable bonds is 7. The minimum atomic E-state index is -4.48. The zero-order valence-electron chi connectivity index (χ0n) is 18.4. The lowest BCUT2D eigenvalue weighted by Crippen LogP contribution is -2.44. The molecule has 1 amide bonds. The molecule has 31 heavy (non-hydrogen) atoms. The summed E-state index contributed by atoms with van der Waals surface area (Å²) in [7, 11) is 0. The standard InChI is InChI=1S/C24H31F3N2O2/c1-6-19(13-17(2)24(25,26)27)20-10-7-9-18(14-20)15-28-16-21-11-8-12-29(21)22(30)31-23(3,4)5/h6-7,9-10,13-14,21,28H,1-2,8,11-12,15-16H2,3-5H3. The highest BCUT2D eigenvalue weighted by atomic mass is 19.4. The highest BCUT2D eigenvalue weighted by molar-refractivity contribution is 5.76. The van der Waals surface area contributed by atoms with E-state index in [2.05, 4.69) is 18.5 Å². The highest BCUT2D eigenvalue weighted by Gasteiger charge is 2.32. The van der Waals surface area contributed by atoms with Gasteiger partial charge in [0.1, 0.15) is 5.60 Å². The van der Waals surface area contributed by atoms with Crippen LogP contribution in [0.15, 0.2) is 55.1 Å². The molecule has 0 bridgehead atoms. The Balaban J connectivity index is 1.99. The number of likely N-dealkylation sites (tertiary alicyclic amines) is 1. The third-order valence-electron chi connectivity index (χ3n) is 4.89. The van der Waals surface area contributed by atoms with Crippen molar-refractivity contribution in [2.75, 3.05) is 13.1 Å². The molecule has 4 nitrogen and oxygen atoms in total. The summed E-state index contributed by atoms with van der Waals surface area (Å²) in [4.78, 5) is 14.1. The number of carbonyl (C=O) groups excluding carboxylic acids is 1. The van der Waals surface area contributed by atoms with Gasteiger partial charge in [0, 0.05) is 31.2 Å². The predicted molar refractivity (Wildman–Crippen MR) is 117 cm³/mol. The molecule has 1 aliphatic heterocycles. The number of allylic oxidation sites excluding steroid dienone is 4. The summed E-state index contributed by atoms with van der Waals surface area (Å²) in [6.45, 7) is 14.1. The Labute approximate surface area is 182 Å². The van der Waals surface area contributed by atoms with Crippen LogP contribution in [0.25, 0.3) is 5.57 Å². The first-order valence-corrected chi connectivity index (χ1v) is 10.3. The third-order valence-corrected chi connectivity index (χ3v) is 4.89. The lowest BCUT2D eigenvalue weighted by Gasteiger charge is -2.28. The largest absolute Gasteiger partial charge is 0.444 e. The van der Waals surface area contributed by atoms with Crippen LogP contribution in [0.1, 0.15) is 44.7 Å². The Hall–Kier alpha value is -2.54. The summed E-state index contributed by atoms with van der Waals surface area (Å²) >= 11 is 0. The van der Waals surface area contributed by atoms with Crippen LogP contribution >= 0.6 is 0 Å². The van der Waals surface area contributed by atoms with Crippen LogP contribution in [0.5, 0.6) is 0 Å². The van der Waals surface area contributed by atoms with Crippen LogP contribution in [0.3, 0.4) is 0 Å². The third kappa shape index (κ3) is 7.58. The fourth-order valence-electron chi connectivity index (χ4n) is 3.38. The van der Waals surface area contributed by atoms with Crippen LogP contribution in [-0.4, -0.2) is 41.9 Å². The van der Waals surface area contributed by atoms with E-state index in [-0.39, 0.29) is 12.1 Å². The van der Waals surface area contributed by atoms with Gasteiger partial charge in [-0.3, -0.25) is 0 Å². The van der Waals surface area contributed by atoms with Gasteiger partial charge in [0.15, 0.2) is 0 Å². The summed E-state index contributed by atoms with van der Waals surface area (Å²) in [6.07, 6.45) is -0.566. The number of benzene rings is 1. The minimum Gasteiger partial charge on any atom is -0.444 e. The van der Waals surface area contributed by atoms with E-state index in [0.717, 1.165) is 24.5 Å². The molecule has 1 fully saturated rings. The van der Waals surface area contributed by atoms with Crippen molar-refractivity contribution in [3.05, 3.63) is 66.3 Å². The molecule has 1 unspecified atom stereocenters. The minimum absolute atomic E-state index is 0.0526. The maximum absolute atomic E-state index is 12.8. The summed E-state index contributed by atoms with van der Waals surface area (Å²) in [5.41, 5.74) is 0.456. The van der Waals surface area contributed by atoms with Crippen LogP contribution in [0, 0.1) is 0 Å². The average Bonchev–Trinajstić information content (AvgIpc) is 3.12. The van der Waals surface area contributed by atoms with Gasteiger partial charge in [-0.05, 0) is 62.5 Å². The topological polar surface area (TPSA) is 41.6 Å². The molecule has 1 aromatic carbocycles. The van der Waals surface area contributed by atoms with Crippen LogP contribution in [0.2, 0.25) is 0 Å². The lowest BCUT2D eigenvalue weighted by molar-refractivity contribution is -0.0877. The molecule has 170 valence electrons. The molecule has 1 heterocycles.